The molecule has 1 N–H and O–H groups in total. The van der Waals surface area contributed by atoms with Crippen LogP contribution in [0.4, 0.5) is 0 Å². The molecule has 7 heteroatoms. The largest absolute Gasteiger partial charge is 0.365 e. The molecule has 0 amide bonds. The minimum absolute atomic E-state index is 0.365. The van der Waals surface area contributed by atoms with E-state index in [1.54, 1.807) is 0 Å². The quantitative estimate of drug-likeness (QED) is 0.764. The van der Waals surface area contributed by atoms with Gasteiger partial charge in [-0.25, -0.2) is 9.89 Å². The van der Waals surface area contributed by atoms with Crippen LogP contribution in [0.25, 0.3) is 5.69 Å². The summed E-state index contributed by atoms with van der Waals surface area (Å²) in [5, 5.41) is 14.1. The number of aromatic amines is 1. The maximum absolute atomic E-state index is 11.6. The van der Waals surface area contributed by atoms with Crippen LogP contribution < -0.4 is 5.69 Å². The smallest absolute Gasteiger partial charge is 0.263 e. The third-order valence-electron chi connectivity index (χ3n) is 3.20. The molecule has 0 saturated carbocycles. The van der Waals surface area contributed by atoms with Crippen LogP contribution in [0.3, 0.4) is 0 Å². The van der Waals surface area contributed by atoms with Crippen LogP contribution in [-0.4, -0.2) is 30.0 Å². The van der Waals surface area contributed by atoms with Crippen LogP contribution in [0.15, 0.2) is 35.1 Å². The molecule has 3 aromatic rings. The molecule has 102 valence electrons. The summed E-state index contributed by atoms with van der Waals surface area (Å²) in [4.78, 5) is 11.6. The normalized spacial score (nSPS) is 10.9. The molecule has 0 aliphatic heterocycles. The van der Waals surface area contributed by atoms with Gasteiger partial charge in [-0.15, -0.1) is 0 Å². The number of hydrogen-bond acceptors (Lipinski definition) is 4. The highest BCUT2D eigenvalue weighted by atomic mass is 16.2. The van der Waals surface area contributed by atoms with Gasteiger partial charge in [0, 0.05) is 0 Å². The Morgan fingerprint density at radius 3 is 2.60 bits per heavy atom. The highest BCUT2D eigenvalue weighted by molar-refractivity contribution is 5.39. The molecule has 0 aliphatic carbocycles. The highest BCUT2D eigenvalue weighted by Gasteiger charge is 2.16. The predicted octanol–water partition coefficient (Wildman–Crippen LogP) is 0.817. The number of aromatic nitrogens is 6. The molecule has 20 heavy (non-hydrogen) atoms. The van der Waals surface area contributed by atoms with Crippen molar-refractivity contribution in [3.63, 3.8) is 0 Å². The average Bonchev–Trinajstić information content (AvgIpc) is 2.96. The number of aryl methyl sites for hydroxylation is 1. The van der Waals surface area contributed by atoms with Crippen molar-refractivity contribution in [3.8, 4) is 5.69 Å². The van der Waals surface area contributed by atoms with Crippen LogP contribution in [0.5, 0.6) is 0 Å². The number of rotatable bonds is 3. The molecule has 0 bridgehead atoms. The van der Waals surface area contributed by atoms with E-state index in [4.69, 9.17) is 0 Å². The first-order valence-corrected chi connectivity index (χ1v) is 6.25. The van der Waals surface area contributed by atoms with Gasteiger partial charge in [-0.05, 0) is 29.8 Å². The monoisotopic (exact) mass is 270 g/mol. The molecule has 0 atom stereocenters. The molecular weight excluding hydrogens is 256 g/mol. The predicted molar refractivity (Wildman–Crippen MR) is 72.8 cm³/mol. The molecule has 0 fully saturated rings. The Morgan fingerprint density at radius 1 is 1.20 bits per heavy atom. The van der Waals surface area contributed by atoms with E-state index < -0.39 is 0 Å². The van der Waals surface area contributed by atoms with Gasteiger partial charge >= 0.3 is 5.69 Å². The Hall–Kier alpha value is -2.70. The molecule has 0 radical (unpaired) electrons. The zero-order valence-corrected chi connectivity index (χ0v) is 11.2. The zero-order chi connectivity index (χ0) is 14.1. The first kappa shape index (κ1) is 12.3. The first-order chi connectivity index (χ1) is 9.66. The SMILES string of the molecule is Cc1nn(Cc2ccccc2)c(C)c1-n1nn[nH]c1=O. The second-order valence-corrected chi connectivity index (χ2v) is 4.58. The zero-order valence-electron chi connectivity index (χ0n) is 11.2. The molecule has 0 aliphatic rings. The molecule has 3 rings (SSSR count). The lowest BCUT2D eigenvalue weighted by molar-refractivity contribution is 0.657. The molecule has 0 spiro atoms. The Kier molecular flexibility index (Phi) is 2.94. The maximum atomic E-state index is 11.6. The number of nitrogens with zero attached hydrogens (tertiary/aromatic N) is 5. The molecule has 0 unspecified atom stereocenters. The summed E-state index contributed by atoms with van der Waals surface area (Å²) in [5.41, 5.74) is 3.09. The number of hydrogen-bond donors (Lipinski definition) is 1. The summed E-state index contributed by atoms with van der Waals surface area (Å²) in [5.74, 6) is 0. The van der Waals surface area contributed by atoms with Gasteiger partial charge in [0.05, 0.1) is 17.9 Å². The van der Waals surface area contributed by atoms with Crippen LogP contribution >= 0.6 is 0 Å². The van der Waals surface area contributed by atoms with Crippen molar-refractivity contribution >= 4 is 0 Å². The van der Waals surface area contributed by atoms with Crippen molar-refractivity contribution in [2.75, 3.05) is 0 Å². The van der Waals surface area contributed by atoms with Crippen LogP contribution in [0, 0.1) is 13.8 Å². The van der Waals surface area contributed by atoms with Gasteiger partial charge in [0.2, 0.25) is 0 Å². The van der Waals surface area contributed by atoms with Crippen molar-refractivity contribution in [1.82, 2.24) is 30.0 Å². The summed E-state index contributed by atoms with van der Waals surface area (Å²) < 4.78 is 3.10. The van der Waals surface area contributed by atoms with E-state index in [1.807, 2.05) is 48.9 Å². The molecular formula is C13H14N6O. The van der Waals surface area contributed by atoms with E-state index in [1.165, 1.54) is 4.68 Å². The fourth-order valence-electron chi connectivity index (χ4n) is 2.25. The summed E-state index contributed by atoms with van der Waals surface area (Å²) in [6.07, 6.45) is 0. The lowest BCUT2D eigenvalue weighted by Crippen LogP contribution is -2.17. The maximum Gasteiger partial charge on any atom is 0.365 e. The van der Waals surface area contributed by atoms with Crippen molar-refractivity contribution < 1.29 is 0 Å². The van der Waals surface area contributed by atoms with Gasteiger partial charge in [0.1, 0.15) is 5.69 Å². The molecule has 2 aromatic heterocycles. The highest BCUT2D eigenvalue weighted by Crippen LogP contribution is 2.16. The number of tetrazole rings is 1. The minimum atomic E-state index is -0.365. The van der Waals surface area contributed by atoms with E-state index in [2.05, 4.69) is 20.6 Å². The van der Waals surface area contributed by atoms with Crippen LogP contribution in [0.2, 0.25) is 0 Å². The van der Waals surface area contributed by atoms with Crippen molar-refractivity contribution in [1.29, 1.82) is 0 Å². The van der Waals surface area contributed by atoms with E-state index in [9.17, 15) is 4.79 Å². The number of benzene rings is 1. The fraction of sp³-hybridized carbons (Fsp3) is 0.231. The topological polar surface area (TPSA) is 81.4 Å². The Morgan fingerprint density at radius 2 is 1.95 bits per heavy atom. The van der Waals surface area contributed by atoms with Crippen molar-refractivity contribution in [2.45, 2.75) is 20.4 Å². The Labute approximate surface area is 114 Å². The van der Waals surface area contributed by atoms with Crippen LogP contribution in [-0.2, 0) is 6.54 Å². The lowest BCUT2D eigenvalue weighted by atomic mass is 10.2. The van der Waals surface area contributed by atoms with Gasteiger partial charge in [0.25, 0.3) is 0 Å². The number of nitrogens with one attached hydrogen (secondary N) is 1. The van der Waals surface area contributed by atoms with E-state index >= 15 is 0 Å². The fourth-order valence-corrected chi connectivity index (χ4v) is 2.25. The molecule has 0 saturated heterocycles. The molecule has 7 nitrogen and oxygen atoms in total. The Bertz CT molecular complexity index is 783. The average molecular weight is 270 g/mol. The van der Waals surface area contributed by atoms with Gasteiger partial charge in [0.15, 0.2) is 0 Å². The summed E-state index contributed by atoms with van der Waals surface area (Å²) in [7, 11) is 0. The van der Waals surface area contributed by atoms with Gasteiger partial charge in [-0.3, -0.25) is 4.68 Å². The second-order valence-electron chi connectivity index (χ2n) is 4.58. The summed E-state index contributed by atoms with van der Waals surface area (Å²) in [6.45, 7) is 4.42. The molecule has 1 aromatic carbocycles. The Balaban J connectivity index is 2.04. The van der Waals surface area contributed by atoms with Gasteiger partial charge in [-0.1, -0.05) is 30.3 Å². The molecule has 2 heterocycles. The third-order valence-corrected chi connectivity index (χ3v) is 3.20. The second kappa shape index (κ2) is 4.76. The van der Waals surface area contributed by atoms with Crippen LogP contribution in [0.1, 0.15) is 17.0 Å². The summed E-state index contributed by atoms with van der Waals surface area (Å²) in [6, 6.07) is 10.0. The standard InChI is InChI=1S/C13H14N6O/c1-9-12(19-13(20)14-16-17-19)10(2)18(15-9)8-11-6-4-3-5-7-11/h3-7H,8H2,1-2H3,(H,14,17,20). The van der Waals surface area contributed by atoms with E-state index in [0.29, 0.717) is 12.2 Å². The lowest BCUT2D eigenvalue weighted by Gasteiger charge is -2.04. The minimum Gasteiger partial charge on any atom is -0.263 e. The van der Waals surface area contributed by atoms with Crippen molar-refractivity contribution in [2.24, 2.45) is 0 Å². The number of H-pyrrole nitrogens is 1. The van der Waals surface area contributed by atoms with E-state index in [-0.39, 0.29) is 5.69 Å². The first-order valence-electron chi connectivity index (χ1n) is 6.25. The van der Waals surface area contributed by atoms with Gasteiger partial charge in [-0.2, -0.15) is 9.78 Å². The summed E-state index contributed by atoms with van der Waals surface area (Å²) >= 11 is 0. The van der Waals surface area contributed by atoms with Crippen molar-refractivity contribution in [3.05, 3.63) is 57.8 Å². The van der Waals surface area contributed by atoms with Gasteiger partial charge < -0.3 is 0 Å². The van der Waals surface area contributed by atoms with E-state index in [0.717, 1.165) is 17.0 Å². The third kappa shape index (κ3) is 2.03.